The molecule has 3 atom stereocenters. The van der Waals surface area contributed by atoms with E-state index in [2.05, 4.69) is 0 Å². The molecule has 0 aliphatic heterocycles. The second-order valence-corrected chi connectivity index (χ2v) is 3.70. The van der Waals surface area contributed by atoms with Gasteiger partial charge < -0.3 is 5.11 Å². The zero-order valence-corrected chi connectivity index (χ0v) is 9.85. The standard InChI is InChI=1S/C10H19NO4/c1-6(8(3)12)9(13)7(2)10(14)11(4)15-5/h6-7,9,13H,1-5H3/t6-,7+,9-/m0/s1. The van der Waals surface area contributed by atoms with Crippen LogP contribution >= 0.6 is 0 Å². The Hall–Kier alpha value is -0.940. The van der Waals surface area contributed by atoms with E-state index < -0.39 is 17.9 Å². The van der Waals surface area contributed by atoms with Gasteiger partial charge in [-0.3, -0.25) is 14.4 Å². The molecule has 0 saturated carbocycles. The Balaban J connectivity index is 4.50. The van der Waals surface area contributed by atoms with E-state index in [1.165, 1.54) is 21.1 Å². The summed E-state index contributed by atoms with van der Waals surface area (Å²) in [5.74, 6) is -1.69. The van der Waals surface area contributed by atoms with Crippen molar-refractivity contribution >= 4 is 11.7 Å². The summed E-state index contributed by atoms with van der Waals surface area (Å²) in [4.78, 5) is 27.3. The minimum Gasteiger partial charge on any atom is -0.392 e. The molecule has 0 fully saturated rings. The molecule has 15 heavy (non-hydrogen) atoms. The largest absolute Gasteiger partial charge is 0.392 e. The van der Waals surface area contributed by atoms with Crippen molar-refractivity contribution in [2.24, 2.45) is 11.8 Å². The number of carbonyl (C=O) groups excluding carboxylic acids is 2. The van der Waals surface area contributed by atoms with Gasteiger partial charge in [0.15, 0.2) is 0 Å². The van der Waals surface area contributed by atoms with E-state index in [1.807, 2.05) is 0 Å². The molecule has 0 bridgehead atoms. The third-order valence-corrected chi connectivity index (χ3v) is 2.64. The number of hydrogen-bond donors (Lipinski definition) is 1. The van der Waals surface area contributed by atoms with Crippen LogP contribution in [0.2, 0.25) is 0 Å². The quantitative estimate of drug-likeness (QED) is 0.669. The molecule has 0 spiro atoms. The van der Waals surface area contributed by atoms with E-state index in [9.17, 15) is 14.7 Å². The Bertz CT molecular complexity index is 242. The van der Waals surface area contributed by atoms with E-state index in [-0.39, 0.29) is 11.7 Å². The molecular weight excluding hydrogens is 198 g/mol. The van der Waals surface area contributed by atoms with Crippen molar-refractivity contribution in [2.45, 2.75) is 26.9 Å². The van der Waals surface area contributed by atoms with Crippen molar-refractivity contribution in [2.75, 3.05) is 14.2 Å². The lowest BCUT2D eigenvalue weighted by Gasteiger charge is -2.25. The summed E-state index contributed by atoms with van der Waals surface area (Å²) in [5, 5.41) is 10.8. The molecule has 0 radical (unpaired) electrons. The molecule has 5 nitrogen and oxygen atoms in total. The molecule has 0 aromatic heterocycles. The zero-order chi connectivity index (χ0) is 12.2. The van der Waals surface area contributed by atoms with Gasteiger partial charge in [0, 0.05) is 13.0 Å². The van der Waals surface area contributed by atoms with Crippen LogP contribution in [0.3, 0.4) is 0 Å². The highest BCUT2D eigenvalue weighted by Crippen LogP contribution is 2.16. The molecule has 0 unspecified atom stereocenters. The summed E-state index contributed by atoms with van der Waals surface area (Å²) in [6.07, 6.45) is -0.979. The fourth-order valence-electron chi connectivity index (χ4n) is 1.20. The highest BCUT2D eigenvalue weighted by atomic mass is 16.7. The van der Waals surface area contributed by atoms with E-state index in [0.717, 1.165) is 5.06 Å². The first kappa shape index (κ1) is 14.1. The molecule has 0 aliphatic rings. The summed E-state index contributed by atoms with van der Waals surface area (Å²) in [7, 11) is 2.83. The van der Waals surface area contributed by atoms with Gasteiger partial charge in [0.05, 0.1) is 19.1 Å². The Morgan fingerprint density at radius 2 is 1.73 bits per heavy atom. The predicted molar refractivity (Wildman–Crippen MR) is 54.8 cm³/mol. The summed E-state index contributed by atoms with van der Waals surface area (Å²) in [5.41, 5.74) is 0. The van der Waals surface area contributed by atoms with Crippen LogP contribution in [0.1, 0.15) is 20.8 Å². The molecule has 5 heteroatoms. The number of rotatable bonds is 5. The maximum absolute atomic E-state index is 11.6. The molecular formula is C10H19NO4. The summed E-state index contributed by atoms with van der Waals surface area (Å²) in [6.45, 7) is 4.57. The maximum Gasteiger partial charge on any atom is 0.251 e. The lowest BCUT2D eigenvalue weighted by atomic mass is 9.90. The van der Waals surface area contributed by atoms with Gasteiger partial charge in [-0.2, -0.15) is 0 Å². The van der Waals surface area contributed by atoms with Crippen LogP contribution in [0.25, 0.3) is 0 Å². The minimum atomic E-state index is -0.979. The van der Waals surface area contributed by atoms with E-state index in [0.29, 0.717) is 0 Å². The van der Waals surface area contributed by atoms with Crippen molar-refractivity contribution in [3.05, 3.63) is 0 Å². The molecule has 0 saturated heterocycles. The summed E-state index contributed by atoms with van der Waals surface area (Å²) < 4.78 is 0. The van der Waals surface area contributed by atoms with Crippen LogP contribution in [-0.4, -0.2) is 42.1 Å². The van der Waals surface area contributed by atoms with Gasteiger partial charge in [0.1, 0.15) is 5.78 Å². The van der Waals surface area contributed by atoms with Gasteiger partial charge in [-0.05, 0) is 6.92 Å². The third-order valence-electron chi connectivity index (χ3n) is 2.64. The number of hydrogen-bond acceptors (Lipinski definition) is 4. The Kier molecular flexibility index (Phi) is 5.46. The average molecular weight is 217 g/mol. The first-order valence-corrected chi connectivity index (χ1v) is 4.83. The summed E-state index contributed by atoms with van der Waals surface area (Å²) >= 11 is 0. The molecule has 0 rings (SSSR count). The van der Waals surface area contributed by atoms with Crippen LogP contribution in [-0.2, 0) is 14.4 Å². The molecule has 1 amide bonds. The van der Waals surface area contributed by atoms with Gasteiger partial charge in [0.2, 0.25) is 0 Å². The number of nitrogens with zero attached hydrogens (tertiary/aromatic N) is 1. The molecule has 0 heterocycles. The third kappa shape index (κ3) is 3.60. The highest BCUT2D eigenvalue weighted by Gasteiger charge is 2.31. The molecule has 0 aromatic rings. The van der Waals surface area contributed by atoms with Crippen molar-refractivity contribution in [1.82, 2.24) is 5.06 Å². The molecule has 0 aromatic carbocycles. The molecule has 1 N–H and O–H groups in total. The second kappa shape index (κ2) is 5.82. The number of aliphatic hydroxyl groups excluding tert-OH is 1. The van der Waals surface area contributed by atoms with E-state index in [4.69, 9.17) is 4.84 Å². The van der Waals surface area contributed by atoms with Gasteiger partial charge >= 0.3 is 0 Å². The van der Waals surface area contributed by atoms with E-state index in [1.54, 1.807) is 13.8 Å². The van der Waals surface area contributed by atoms with Crippen LogP contribution in [0.4, 0.5) is 0 Å². The number of carbonyl (C=O) groups is 2. The van der Waals surface area contributed by atoms with Gasteiger partial charge in [0.25, 0.3) is 5.91 Å². The lowest BCUT2D eigenvalue weighted by molar-refractivity contribution is -0.177. The van der Waals surface area contributed by atoms with Crippen molar-refractivity contribution in [1.29, 1.82) is 0 Å². The van der Waals surface area contributed by atoms with E-state index >= 15 is 0 Å². The normalized spacial score (nSPS) is 16.7. The Morgan fingerprint density at radius 3 is 2.07 bits per heavy atom. The van der Waals surface area contributed by atoms with Crippen molar-refractivity contribution < 1.29 is 19.5 Å². The van der Waals surface area contributed by atoms with Gasteiger partial charge in [-0.1, -0.05) is 13.8 Å². The Morgan fingerprint density at radius 1 is 1.27 bits per heavy atom. The van der Waals surface area contributed by atoms with Gasteiger partial charge in [-0.25, -0.2) is 5.06 Å². The zero-order valence-electron chi connectivity index (χ0n) is 9.85. The highest BCUT2D eigenvalue weighted by molar-refractivity contribution is 5.82. The molecule has 88 valence electrons. The molecule has 0 aliphatic carbocycles. The van der Waals surface area contributed by atoms with Crippen LogP contribution in [0.15, 0.2) is 0 Å². The first-order chi connectivity index (χ1) is 6.82. The first-order valence-electron chi connectivity index (χ1n) is 4.83. The smallest absolute Gasteiger partial charge is 0.251 e. The van der Waals surface area contributed by atoms with Crippen LogP contribution in [0, 0.1) is 11.8 Å². The number of hydroxylamine groups is 2. The lowest BCUT2D eigenvalue weighted by Crippen LogP contribution is -2.40. The Labute approximate surface area is 90.0 Å². The monoisotopic (exact) mass is 217 g/mol. The average Bonchev–Trinajstić information content (AvgIpc) is 2.23. The minimum absolute atomic E-state index is 0.137. The fraction of sp³-hybridized carbons (Fsp3) is 0.800. The second-order valence-electron chi connectivity index (χ2n) is 3.70. The maximum atomic E-state index is 11.6. The number of Topliss-reactive ketones (excluding diaryl/α,β-unsaturated/α-hetero) is 1. The van der Waals surface area contributed by atoms with Crippen molar-refractivity contribution in [3.63, 3.8) is 0 Å². The van der Waals surface area contributed by atoms with Crippen molar-refractivity contribution in [3.8, 4) is 0 Å². The topological polar surface area (TPSA) is 66.8 Å². The number of amides is 1. The number of ketones is 1. The summed E-state index contributed by atoms with van der Waals surface area (Å²) in [6, 6.07) is 0. The fourth-order valence-corrected chi connectivity index (χ4v) is 1.20. The number of aliphatic hydroxyl groups is 1. The predicted octanol–water partition coefficient (Wildman–Crippen LogP) is 0.228. The van der Waals surface area contributed by atoms with Crippen LogP contribution < -0.4 is 0 Å². The van der Waals surface area contributed by atoms with Crippen LogP contribution in [0.5, 0.6) is 0 Å². The SMILES string of the molecule is CON(C)C(=O)[C@H](C)[C@@H](O)[C@@H](C)C(C)=O. The van der Waals surface area contributed by atoms with Gasteiger partial charge in [-0.15, -0.1) is 0 Å².